The molecule has 2 aliphatic heterocycles. The van der Waals surface area contributed by atoms with Crippen molar-refractivity contribution in [3.8, 4) is 17.0 Å². The zero-order chi connectivity index (χ0) is 24.1. The lowest BCUT2D eigenvalue weighted by Crippen LogP contribution is -2.58. The quantitative estimate of drug-likeness (QED) is 0.412. The van der Waals surface area contributed by atoms with Crippen LogP contribution in [0, 0.1) is 18.6 Å². The maximum absolute atomic E-state index is 14.7. The smallest absolute Gasteiger partial charge is 0.182 e. The number of hydrogen-bond acceptors (Lipinski definition) is 6. The maximum Gasteiger partial charge on any atom is 0.182 e. The van der Waals surface area contributed by atoms with E-state index in [1.54, 1.807) is 24.3 Å². The molecule has 0 saturated carbocycles. The molecule has 35 heavy (non-hydrogen) atoms. The summed E-state index contributed by atoms with van der Waals surface area (Å²) in [5.41, 5.74) is 4.04. The van der Waals surface area contributed by atoms with Gasteiger partial charge in [0.05, 0.1) is 24.4 Å². The number of piperazine rings is 1. The number of nitrogens with one attached hydrogen (secondary N) is 2. The fraction of sp³-hybridized carbons (Fsp3) is 0.308. The highest BCUT2D eigenvalue weighted by atomic mass is 19.1. The fourth-order valence-corrected chi connectivity index (χ4v) is 5.27. The maximum atomic E-state index is 14.7. The van der Waals surface area contributed by atoms with Gasteiger partial charge < -0.3 is 15.2 Å². The number of H-pyrrole nitrogens is 1. The van der Waals surface area contributed by atoms with Gasteiger partial charge in [0.1, 0.15) is 23.5 Å². The second-order valence-electron chi connectivity index (χ2n) is 9.11. The first-order valence-electron chi connectivity index (χ1n) is 11.7. The number of halogens is 2. The van der Waals surface area contributed by atoms with Gasteiger partial charge in [0, 0.05) is 41.8 Å². The summed E-state index contributed by atoms with van der Waals surface area (Å²) in [6.45, 7) is 4.23. The lowest BCUT2D eigenvalue weighted by atomic mass is 9.90. The molecular formula is C26H25F2N5O2. The van der Waals surface area contributed by atoms with Gasteiger partial charge in [-0.2, -0.15) is 5.10 Å². The highest BCUT2D eigenvalue weighted by molar-refractivity contribution is 5.85. The number of benzene rings is 2. The molecule has 2 aliphatic rings. The summed E-state index contributed by atoms with van der Waals surface area (Å²) in [4.78, 5) is 6.88. The molecule has 4 aromatic rings. The Kier molecular flexibility index (Phi) is 5.47. The molecular weight excluding hydrogens is 452 g/mol. The SMILES string of the molecule is Cc1[nH]nc2nc(-c3ccc(O)cc3)cc(C3OCC3N3CCNCC3c3c(F)cccc3F)c12. The number of phenolic OH excluding ortho intramolecular Hbond substituents is 1. The molecule has 2 aromatic heterocycles. The molecule has 2 saturated heterocycles. The zero-order valence-corrected chi connectivity index (χ0v) is 19.1. The van der Waals surface area contributed by atoms with Crippen LogP contribution in [0.15, 0.2) is 48.5 Å². The number of pyridine rings is 1. The van der Waals surface area contributed by atoms with Crippen molar-refractivity contribution in [3.05, 3.63) is 77.0 Å². The predicted octanol–water partition coefficient (Wildman–Crippen LogP) is 4.00. The third-order valence-corrected chi connectivity index (χ3v) is 7.04. The summed E-state index contributed by atoms with van der Waals surface area (Å²) >= 11 is 0. The van der Waals surface area contributed by atoms with E-state index in [2.05, 4.69) is 20.4 Å². The van der Waals surface area contributed by atoms with Crippen LogP contribution in [0.1, 0.15) is 29.0 Å². The lowest BCUT2D eigenvalue weighted by Gasteiger charge is -2.49. The number of aryl methyl sites for hydroxylation is 1. The highest BCUT2D eigenvalue weighted by Gasteiger charge is 2.44. The third-order valence-electron chi connectivity index (χ3n) is 7.04. The fourth-order valence-electron chi connectivity index (χ4n) is 5.27. The molecule has 4 heterocycles. The van der Waals surface area contributed by atoms with E-state index >= 15 is 0 Å². The van der Waals surface area contributed by atoms with Crippen molar-refractivity contribution in [2.45, 2.75) is 25.1 Å². The Morgan fingerprint density at radius 2 is 1.89 bits per heavy atom. The molecule has 0 radical (unpaired) electrons. The highest BCUT2D eigenvalue weighted by Crippen LogP contribution is 2.42. The molecule has 6 rings (SSSR count). The van der Waals surface area contributed by atoms with Gasteiger partial charge >= 0.3 is 0 Å². The van der Waals surface area contributed by atoms with Crippen molar-refractivity contribution < 1.29 is 18.6 Å². The Hall–Kier alpha value is -3.40. The van der Waals surface area contributed by atoms with E-state index in [1.165, 1.54) is 18.2 Å². The molecule has 3 atom stereocenters. The van der Waals surface area contributed by atoms with Crippen LogP contribution in [0.3, 0.4) is 0 Å². The Morgan fingerprint density at radius 3 is 2.60 bits per heavy atom. The standard InChI is InChI=1S/C26H25F2N5O2/c1-14-23-17(11-20(30-26(23)32-31-14)15-5-7-16(34)8-6-15)25-22(13-35-25)33-10-9-29-12-21(33)24-18(27)3-2-4-19(24)28/h2-8,11,21-22,25,29,34H,9-10,12-13H2,1H3,(H,30,31,32). The van der Waals surface area contributed by atoms with Crippen LogP contribution in [-0.2, 0) is 4.74 Å². The van der Waals surface area contributed by atoms with Gasteiger partial charge in [-0.3, -0.25) is 10.00 Å². The van der Waals surface area contributed by atoms with Crippen molar-refractivity contribution in [2.75, 3.05) is 26.2 Å². The normalized spacial score (nSPS) is 22.9. The number of aromatic hydroxyl groups is 1. The van der Waals surface area contributed by atoms with E-state index in [9.17, 15) is 13.9 Å². The van der Waals surface area contributed by atoms with Crippen LogP contribution < -0.4 is 5.32 Å². The molecule has 2 fully saturated rings. The van der Waals surface area contributed by atoms with Gasteiger partial charge in [0.2, 0.25) is 0 Å². The predicted molar refractivity (Wildman–Crippen MR) is 127 cm³/mol. The number of fused-ring (bicyclic) bond motifs is 1. The van der Waals surface area contributed by atoms with Crippen molar-refractivity contribution >= 4 is 11.0 Å². The van der Waals surface area contributed by atoms with Crippen molar-refractivity contribution in [1.82, 2.24) is 25.4 Å². The van der Waals surface area contributed by atoms with Gasteiger partial charge in [-0.05, 0) is 55.0 Å². The molecule has 9 heteroatoms. The molecule has 3 unspecified atom stereocenters. The summed E-state index contributed by atoms with van der Waals surface area (Å²) < 4.78 is 35.6. The third kappa shape index (κ3) is 3.76. The van der Waals surface area contributed by atoms with Crippen LogP contribution in [0.25, 0.3) is 22.3 Å². The summed E-state index contributed by atoms with van der Waals surface area (Å²) in [5, 5.41) is 21.3. The average molecular weight is 478 g/mol. The Balaban J connectivity index is 1.41. The van der Waals surface area contributed by atoms with E-state index in [0.29, 0.717) is 31.0 Å². The Labute approximate surface area is 200 Å². The van der Waals surface area contributed by atoms with Crippen molar-refractivity contribution in [3.63, 3.8) is 0 Å². The van der Waals surface area contributed by atoms with Gasteiger partial charge in [-0.15, -0.1) is 0 Å². The molecule has 2 aromatic carbocycles. The second-order valence-corrected chi connectivity index (χ2v) is 9.11. The molecule has 3 N–H and O–H groups in total. The van der Waals surface area contributed by atoms with E-state index in [-0.39, 0.29) is 23.5 Å². The molecule has 7 nitrogen and oxygen atoms in total. The van der Waals surface area contributed by atoms with E-state index in [1.807, 2.05) is 13.0 Å². The minimum absolute atomic E-state index is 0.0614. The first-order valence-corrected chi connectivity index (χ1v) is 11.7. The summed E-state index contributed by atoms with van der Waals surface area (Å²) in [5.74, 6) is -0.891. The van der Waals surface area contributed by atoms with Crippen molar-refractivity contribution in [2.24, 2.45) is 0 Å². The monoisotopic (exact) mass is 477 g/mol. The molecule has 0 aliphatic carbocycles. The lowest BCUT2D eigenvalue weighted by molar-refractivity contribution is -0.151. The minimum Gasteiger partial charge on any atom is -0.508 e. The Morgan fingerprint density at radius 1 is 1.11 bits per heavy atom. The van der Waals surface area contributed by atoms with Crippen molar-refractivity contribution in [1.29, 1.82) is 0 Å². The average Bonchev–Trinajstić information content (AvgIpc) is 3.20. The van der Waals surface area contributed by atoms with Crippen LogP contribution >= 0.6 is 0 Å². The van der Waals surface area contributed by atoms with E-state index < -0.39 is 17.7 Å². The number of aromatic nitrogens is 3. The van der Waals surface area contributed by atoms with Gasteiger partial charge in [-0.1, -0.05) is 6.07 Å². The minimum atomic E-state index is -0.535. The van der Waals surface area contributed by atoms with Crippen LogP contribution in [-0.4, -0.2) is 57.5 Å². The number of aromatic amines is 1. The zero-order valence-electron chi connectivity index (χ0n) is 19.1. The van der Waals surface area contributed by atoms with Crippen LogP contribution in [0.4, 0.5) is 8.78 Å². The molecule has 0 bridgehead atoms. The molecule has 0 spiro atoms. The topological polar surface area (TPSA) is 86.3 Å². The Bertz CT molecular complexity index is 1370. The number of hydrogen-bond donors (Lipinski definition) is 3. The number of nitrogens with zero attached hydrogens (tertiary/aromatic N) is 3. The largest absolute Gasteiger partial charge is 0.508 e. The summed E-state index contributed by atoms with van der Waals surface area (Å²) in [6.07, 6.45) is -0.303. The summed E-state index contributed by atoms with van der Waals surface area (Å²) in [7, 11) is 0. The first kappa shape index (κ1) is 22.1. The van der Waals surface area contributed by atoms with Gasteiger partial charge in [0.25, 0.3) is 0 Å². The van der Waals surface area contributed by atoms with Crippen LogP contribution in [0.5, 0.6) is 5.75 Å². The number of ether oxygens (including phenoxy) is 1. The second kappa shape index (κ2) is 8.67. The number of phenols is 1. The van der Waals surface area contributed by atoms with Crippen LogP contribution in [0.2, 0.25) is 0 Å². The molecule has 180 valence electrons. The first-order chi connectivity index (χ1) is 17.0. The van der Waals surface area contributed by atoms with E-state index in [4.69, 9.17) is 9.72 Å². The van der Waals surface area contributed by atoms with Gasteiger partial charge in [0.15, 0.2) is 5.65 Å². The van der Waals surface area contributed by atoms with E-state index in [0.717, 1.165) is 28.8 Å². The molecule has 0 amide bonds. The summed E-state index contributed by atoms with van der Waals surface area (Å²) in [6, 6.07) is 12.4. The number of rotatable bonds is 4. The van der Waals surface area contributed by atoms with Gasteiger partial charge in [-0.25, -0.2) is 13.8 Å².